The number of anilines is 1. The van der Waals surface area contributed by atoms with Gasteiger partial charge in [0.15, 0.2) is 6.61 Å². The number of ether oxygens (including phenoxy) is 1. The van der Waals surface area contributed by atoms with Crippen LogP contribution in [-0.4, -0.2) is 24.4 Å². The summed E-state index contributed by atoms with van der Waals surface area (Å²) in [5, 5.41) is 4.34. The van der Waals surface area contributed by atoms with Gasteiger partial charge in [0.1, 0.15) is 10.8 Å². The maximum absolute atomic E-state index is 12.7. The predicted molar refractivity (Wildman–Crippen MR) is 87.9 cm³/mol. The fraction of sp³-hybridized carbons (Fsp3) is 0.0625. The van der Waals surface area contributed by atoms with Gasteiger partial charge in [-0.15, -0.1) is 11.3 Å². The van der Waals surface area contributed by atoms with Crippen molar-refractivity contribution in [1.82, 2.24) is 0 Å². The van der Waals surface area contributed by atoms with Crippen molar-refractivity contribution in [3.63, 3.8) is 0 Å². The van der Waals surface area contributed by atoms with E-state index in [0.29, 0.717) is 10.6 Å². The van der Waals surface area contributed by atoms with E-state index < -0.39 is 24.4 Å². The highest BCUT2D eigenvalue weighted by Crippen LogP contribution is 2.22. The highest BCUT2D eigenvalue weighted by molar-refractivity contribution is 7.14. The Kier molecular flexibility index (Phi) is 5.80. The van der Waals surface area contributed by atoms with E-state index >= 15 is 0 Å². The molecule has 0 fully saturated rings. The quantitative estimate of drug-likeness (QED) is 0.617. The van der Waals surface area contributed by atoms with Crippen LogP contribution in [0.4, 0.5) is 9.39 Å². The first kappa shape index (κ1) is 17.4. The molecule has 124 valence electrons. The molecule has 0 aliphatic carbocycles. The van der Waals surface area contributed by atoms with Gasteiger partial charge in [-0.2, -0.15) is 0 Å². The van der Waals surface area contributed by atoms with Crippen molar-refractivity contribution in [3.05, 3.63) is 58.7 Å². The van der Waals surface area contributed by atoms with Crippen molar-refractivity contribution >= 4 is 40.2 Å². The third kappa shape index (κ3) is 5.03. The molecule has 0 bridgehead atoms. The molecular weight excluding hydrogens is 335 g/mol. The number of halogens is 1. The highest BCUT2D eigenvalue weighted by atomic mass is 32.1. The molecular formula is C16H13FN2O4S. The van der Waals surface area contributed by atoms with Crippen molar-refractivity contribution in [3.8, 4) is 0 Å². The van der Waals surface area contributed by atoms with Crippen molar-refractivity contribution in [1.29, 1.82) is 0 Å². The second-order valence-corrected chi connectivity index (χ2v) is 5.48. The van der Waals surface area contributed by atoms with E-state index in [1.54, 1.807) is 5.38 Å². The molecule has 0 saturated heterocycles. The number of carbonyl (C=O) groups is 3. The van der Waals surface area contributed by atoms with E-state index in [-0.39, 0.29) is 11.4 Å². The first-order valence-corrected chi connectivity index (χ1v) is 7.61. The van der Waals surface area contributed by atoms with Gasteiger partial charge < -0.3 is 15.8 Å². The van der Waals surface area contributed by atoms with Gasteiger partial charge in [0.2, 0.25) is 0 Å². The van der Waals surface area contributed by atoms with Crippen LogP contribution in [0.2, 0.25) is 0 Å². The fourth-order valence-electron chi connectivity index (χ4n) is 1.69. The molecule has 0 atom stereocenters. The van der Waals surface area contributed by atoms with Gasteiger partial charge in [-0.25, -0.2) is 9.18 Å². The average molecular weight is 348 g/mol. The van der Waals surface area contributed by atoms with E-state index in [0.717, 1.165) is 17.4 Å². The molecule has 3 N–H and O–H groups in total. The van der Waals surface area contributed by atoms with Crippen LogP contribution in [0.5, 0.6) is 0 Å². The summed E-state index contributed by atoms with van der Waals surface area (Å²) in [6, 6.07) is 6.99. The van der Waals surface area contributed by atoms with E-state index in [4.69, 9.17) is 10.5 Å². The lowest BCUT2D eigenvalue weighted by atomic mass is 10.2. The Labute approximate surface area is 140 Å². The summed E-state index contributed by atoms with van der Waals surface area (Å²) in [6.07, 6.45) is 2.56. The van der Waals surface area contributed by atoms with Crippen molar-refractivity contribution < 1.29 is 23.5 Å². The lowest BCUT2D eigenvalue weighted by Gasteiger charge is -2.04. The number of hydrogen-bond donors (Lipinski definition) is 2. The Hall–Kier alpha value is -3.00. The molecule has 1 aromatic heterocycles. The summed E-state index contributed by atoms with van der Waals surface area (Å²) in [7, 11) is 0. The van der Waals surface area contributed by atoms with Crippen LogP contribution in [-0.2, 0) is 14.3 Å². The standard InChI is InChI=1S/C16H13FN2O4S/c17-11-4-1-10(2-5-11)3-6-14(21)23-9-13(20)19-16-12(15(18)22)7-8-24-16/h1-8H,9H2,(H2,18,22)(H,19,20). The number of amides is 2. The number of benzene rings is 1. The molecule has 6 nitrogen and oxygen atoms in total. The molecule has 0 aliphatic rings. The number of primary amides is 1. The Morgan fingerprint density at radius 2 is 1.92 bits per heavy atom. The van der Waals surface area contributed by atoms with Crippen LogP contribution in [0.25, 0.3) is 6.08 Å². The highest BCUT2D eigenvalue weighted by Gasteiger charge is 2.13. The smallest absolute Gasteiger partial charge is 0.331 e. The van der Waals surface area contributed by atoms with Gasteiger partial charge >= 0.3 is 5.97 Å². The van der Waals surface area contributed by atoms with Crippen LogP contribution >= 0.6 is 11.3 Å². The number of carbonyl (C=O) groups excluding carboxylic acids is 3. The van der Waals surface area contributed by atoms with E-state index in [1.807, 2.05) is 0 Å². The third-order valence-electron chi connectivity index (χ3n) is 2.81. The lowest BCUT2D eigenvalue weighted by molar-refractivity contribution is -0.142. The number of nitrogens with two attached hydrogens (primary N) is 1. The minimum absolute atomic E-state index is 0.191. The Morgan fingerprint density at radius 3 is 2.58 bits per heavy atom. The number of thiophene rings is 1. The van der Waals surface area contributed by atoms with Gasteiger partial charge in [0, 0.05) is 6.08 Å². The maximum Gasteiger partial charge on any atom is 0.331 e. The van der Waals surface area contributed by atoms with Crippen molar-refractivity contribution in [2.75, 3.05) is 11.9 Å². The van der Waals surface area contributed by atoms with Gasteiger partial charge in [-0.05, 0) is 35.2 Å². The summed E-state index contributed by atoms with van der Waals surface area (Å²) < 4.78 is 17.5. The Bertz CT molecular complexity index is 784. The topological polar surface area (TPSA) is 98.5 Å². The molecule has 2 aromatic rings. The van der Waals surface area contributed by atoms with Crippen molar-refractivity contribution in [2.24, 2.45) is 5.73 Å². The number of hydrogen-bond acceptors (Lipinski definition) is 5. The molecule has 0 spiro atoms. The van der Waals surface area contributed by atoms with Crippen LogP contribution < -0.4 is 11.1 Å². The van der Waals surface area contributed by atoms with Gasteiger partial charge in [-0.1, -0.05) is 12.1 Å². The first-order chi connectivity index (χ1) is 11.5. The number of nitrogens with one attached hydrogen (secondary N) is 1. The maximum atomic E-state index is 12.7. The summed E-state index contributed by atoms with van der Waals surface area (Å²) in [5.74, 6) is -2.36. The van der Waals surface area contributed by atoms with Gasteiger partial charge in [-0.3, -0.25) is 9.59 Å². The fourth-order valence-corrected chi connectivity index (χ4v) is 2.49. The van der Waals surface area contributed by atoms with E-state index in [2.05, 4.69) is 5.32 Å². The van der Waals surface area contributed by atoms with Gasteiger partial charge in [0.05, 0.1) is 5.56 Å². The largest absolute Gasteiger partial charge is 0.452 e. The second kappa shape index (κ2) is 8.02. The minimum atomic E-state index is -0.726. The van der Waals surface area contributed by atoms with Crippen LogP contribution in [0, 0.1) is 5.82 Å². The Morgan fingerprint density at radius 1 is 1.21 bits per heavy atom. The molecule has 1 heterocycles. The molecule has 2 amide bonds. The molecule has 0 unspecified atom stereocenters. The van der Waals surface area contributed by atoms with E-state index in [9.17, 15) is 18.8 Å². The normalized spacial score (nSPS) is 10.5. The Balaban J connectivity index is 1.82. The van der Waals surface area contributed by atoms with Crippen LogP contribution in [0.15, 0.2) is 41.8 Å². The molecule has 0 radical (unpaired) electrons. The average Bonchev–Trinajstić information content (AvgIpc) is 3.00. The van der Waals surface area contributed by atoms with Crippen molar-refractivity contribution in [2.45, 2.75) is 0 Å². The monoisotopic (exact) mass is 348 g/mol. The zero-order chi connectivity index (χ0) is 17.5. The summed E-state index contributed by atoms with van der Waals surface area (Å²) >= 11 is 1.13. The minimum Gasteiger partial charge on any atom is -0.452 e. The number of rotatable bonds is 6. The summed E-state index contributed by atoms with van der Waals surface area (Å²) in [4.78, 5) is 34.4. The zero-order valence-corrected chi connectivity index (χ0v) is 13.1. The summed E-state index contributed by atoms with van der Waals surface area (Å²) in [6.45, 7) is -0.511. The van der Waals surface area contributed by atoms with E-state index in [1.165, 1.54) is 36.4 Å². The molecule has 0 aliphatic heterocycles. The molecule has 1 aromatic carbocycles. The molecule has 24 heavy (non-hydrogen) atoms. The van der Waals surface area contributed by atoms with Crippen LogP contribution in [0.1, 0.15) is 15.9 Å². The van der Waals surface area contributed by atoms with Gasteiger partial charge in [0.25, 0.3) is 11.8 Å². The van der Waals surface area contributed by atoms with Crippen LogP contribution in [0.3, 0.4) is 0 Å². The molecule has 2 rings (SSSR count). The first-order valence-electron chi connectivity index (χ1n) is 6.73. The second-order valence-electron chi connectivity index (χ2n) is 4.57. The number of esters is 1. The molecule has 0 saturated carbocycles. The predicted octanol–water partition coefficient (Wildman–Crippen LogP) is 2.18. The third-order valence-corrected chi connectivity index (χ3v) is 3.64. The summed E-state index contributed by atoms with van der Waals surface area (Å²) in [5.41, 5.74) is 5.96. The SMILES string of the molecule is NC(=O)c1ccsc1NC(=O)COC(=O)C=Cc1ccc(F)cc1. The lowest BCUT2D eigenvalue weighted by Crippen LogP contribution is -2.21. The molecule has 8 heteroatoms. The zero-order valence-electron chi connectivity index (χ0n) is 12.3.